The van der Waals surface area contributed by atoms with E-state index in [1.165, 1.54) is 0 Å². The first-order chi connectivity index (χ1) is 7.91. The Morgan fingerprint density at radius 2 is 2.12 bits per heavy atom. The van der Waals surface area contributed by atoms with Crippen LogP contribution in [0.1, 0.15) is 13.3 Å². The van der Waals surface area contributed by atoms with Gasteiger partial charge in [0.15, 0.2) is 0 Å². The van der Waals surface area contributed by atoms with Gasteiger partial charge < -0.3 is 21.5 Å². The normalized spacial score (nSPS) is 25.2. The molecule has 5 N–H and O–H groups in total. The molecule has 17 heavy (non-hydrogen) atoms. The second-order valence-electron chi connectivity index (χ2n) is 4.31. The Hall–Kier alpha value is -1.63. The number of carboxylic acid groups (broad SMARTS) is 1. The zero-order chi connectivity index (χ0) is 13.0. The van der Waals surface area contributed by atoms with Gasteiger partial charge >= 0.3 is 5.97 Å². The molecule has 0 spiro atoms. The van der Waals surface area contributed by atoms with E-state index in [0.29, 0.717) is 6.54 Å². The summed E-state index contributed by atoms with van der Waals surface area (Å²) in [6.07, 6.45) is -0.393. The predicted octanol–water partition coefficient (Wildman–Crippen LogP) is -1.71. The van der Waals surface area contributed by atoms with Gasteiger partial charge in [-0.3, -0.25) is 9.59 Å². The van der Waals surface area contributed by atoms with Gasteiger partial charge in [-0.1, -0.05) is 6.92 Å². The van der Waals surface area contributed by atoms with Crippen molar-refractivity contribution in [2.24, 2.45) is 17.6 Å². The number of aliphatic carboxylic acids is 1. The molecule has 0 aliphatic carbocycles. The molecular formula is C10H17N3O4. The number of carboxylic acids is 1. The summed E-state index contributed by atoms with van der Waals surface area (Å²) in [6, 6.07) is -1.24. The molecule has 1 saturated heterocycles. The smallest absolute Gasteiger partial charge is 0.326 e. The van der Waals surface area contributed by atoms with E-state index in [0.717, 1.165) is 6.54 Å². The molecule has 96 valence electrons. The van der Waals surface area contributed by atoms with Crippen molar-refractivity contribution in [2.45, 2.75) is 19.4 Å². The van der Waals surface area contributed by atoms with Crippen LogP contribution in [-0.4, -0.2) is 42.0 Å². The summed E-state index contributed by atoms with van der Waals surface area (Å²) in [7, 11) is 0. The molecule has 1 aliphatic rings. The van der Waals surface area contributed by atoms with Gasteiger partial charge in [0.2, 0.25) is 11.8 Å². The summed E-state index contributed by atoms with van der Waals surface area (Å²) >= 11 is 0. The van der Waals surface area contributed by atoms with Crippen LogP contribution in [0, 0.1) is 11.8 Å². The highest BCUT2D eigenvalue weighted by molar-refractivity contribution is 5.89. The zero-order valence-corrected chi connectivity index (χ0v) is 9.60. The van der Waals surface area contributed by atoms with Crippen molar-refractivity contribution < 1.29 is 19.5 Å². The molecule has 7 nitrogen and oxygen atoms in total. The Balaban J connectivity index is 2.57. The van der Waals surface area contributed by atoms with Crippen molar-refractivity contribution in [1.82, 2.24) is 10.6 Å². The van der Waals surface area contributed by atoms with E-state index in [4.69, 9.17) is 10.8 Å². The molecule has 0 aromatic heterocycles. The molecule has 0 aromatic rings. The largest absolute Gasteiger partial charge is 0.480 e. The van der Waals surface area contributed by atoms with Gasteiger partial charge in [-0.15, -0.1) is 0 Å². The van der Waals surface area contributed by atoms with Crippen LogP contribution < -0.4 is 16.4 Å². The second-order valence-corrected chi connectivity index (χ2v) is 4.31. The van der Waals surface area contributed by atoms with Gasteiger partial charge in [-0.25, -0.2) is 4.79 Å². The lowest BCUT2D eigenvalue weighted by Gasteiger charge is -2.18. The van der Waals surface area contributed by atoms with Crippen LogP contribution in [0.4, 0.5) is 0 Å². The number of hydrogen-bond acceptors (Lipinski definition) is 4. The zero-order valence-electron chi connectivity index (χ0n) is 9.60. The number of nitrogens with one attached hydrogen (secondary N) is 2. The van der Waals surface area contributed by atoms with Crippen molar-refractivity contribution >= 4 is 17.8 Å². The number of primary amides is 1. The molecule has 0 bridgehead atoms. The van der Waals surface area contributed by atoms with Crippen LogP contribution in [0.2, 0.25) is 0 Å². The summed E-state index contributed by atoms with van der Waals surface area (Å²) in [5.74, 6) is -2.47. The summed E-state index contributed by atoms with van der Waals surface area (Å²) in [5.41, 5.74) is 4.92. The highest BCUT2D eigenvalue weighted by atomic mass is 16.4. The lowest BCUT2D eigenvalue weighted by Crippen LogP contribution is -2.46. The fourth-order valence-corrected chi connectivity index (χ4v) is 1.84. The van der Waals surface area contributed by atoms with Crippen LogP contribution in [0.3, 0.4) is 0 Å². The third kappa shape index (κ3) is 3.70. The van der Waals surface area contributed by atoms with E-state index in [1.807, 2.05) is 6.92 Å². The fraction of sp³-hybridized carbons (Fsp3) is 0.700. The Morgan fingerprint density at radius 1 is 1.47 bits per heavy atom. The number of nitrogens with two attached hydrogens (primary N) is 1. The second kappa shape index (κ2) is 5.62. The van der Waals surface area contributed by atoms with Crippen LogP contribution >= 0.6 is 0 Å². The maximum absolute atomic E-state index is 11.8. The number of amides is 2. The average molecular weight is 243 g/mol. The summed E-state index contributed by atoms with van der Waals surface area (Å²) < 4.78 is 0. The Bertz CT molecular complexity index is 332. The van der Waals surface area contributed by atoms with E-state index in [-0.39, 0.29) is 17.7 Å². The first-order valence-electron chi connectivity index (χ1n) is 5.44. The Labute approximate surface area is 98.7 Å². The minimum absolute atomic E-state index is 0.151. The Kier molecular flexibility index (Phi) is 4.45. The standard InChI is InChI=1S/C10H17N3O4/c1-5-3-12-4-6(5)9(15)13-7(10(16)17)2-8(11)14/h5-7,12H,2-4H2,1H3,(H2,11,14)(H,13,15)(H,16,17). The maximum Gasteiger partial charge on any atom is 0.326 e. The molecule has 3 atom stereocenters. The molecule has 1 aliphatic heterocycles. The molecule has 3 unspecified atom stereocenters. The van der Waals surface area contributed by atoms with E-state index in [2.05, 4.69) is 10.6 Å². The van der Waals surface area contributed by atoms with Crippen molar-refractivity contribution in [3.8, 4) is 0 Å². The van der Waals surface area contributed by atoms with Gasteiger partial charge in [0.25, 0.3) is 0 Å². The van der Waals surface area contributed by atoms with Crippen LogP contribution in [0.25, 0.3) is 0 Å². The molecule has 0 saturated carbocycles. The minimum atomic E-state index is -1.25. The first kappa shape index (κ1) is 13.4. The third-order valence-corrected chi connectivity index (χ3v) is 2.87. The van der Waals surface area contributed by atoms with Crippen molar-refractivity contribution in [2.75, 3.05) is 13.1 Å². The van der Waals surface area contributed by atoms with E-state index >= 15 is 0 Å². The SMILES string of the molecule is CC1CNCC1C(=O)NC(CC(N)=O)C(=O)O. The molecule has 0 aromatic carbocycles. The van der Waals surface area contributed by atoms with Gasteiger partial charge in [0.1, 0.15) is 6.04 Å². The first-order valence-corrected chi connectivity index (χ1v) is 5.44. The topological polar surface area (TPSA) is 122 Å². The van der Waals surface area contributed by atoms with Gasteiger partial charge in [0.05, 0.1) is 12.3 Å². The molecule has 2 amide bonds. The molecule has 7 heteroatoms. The van der Waals surface area contributed by atoms with E-state index in [9.17, 15) is 14.4 Å². The third-order valence-electron chi connectivity index (χ3n) is 2.87. The van der Waals surface area contributed by atoms with Crippen LogP contribution in [0.5, 0.6) is 0 Å². The van der Waals surface area contributed by atoms with E-state index in [1.54, 1.807) is 0 Å². The van der Waals surface area contributed by atoms with Crippen molar-refractivity contribution in [3.63, 3.8) is 0 Å². The van der Waals surface area contributed by atoms with Gasteiger partial charge in [-0.2, -0.15) is 0 Å². The predicted molar refractivity (Wildman–Crippen MR) is 58.9 cm³/mol. The number of hydrogen-bond donors (Lipinski definition) is 4. The number of carbonyl (C=O) groups is 3. The summed E-state index contributed by atoms with van der Waals surface area (Å²) in [6.45, 7) is 3.16. The lowest BCUT2D eigenvalue weighted by molar-refractivity contribution is -0.144. The minimum Gasteiger partial charge on any atom is -0.480 e. The van der Waals surface area contributed by atoms with Crippen LogP contribution in [0.15, 0.2) is 0 Å². The molecule has 1 fully saturated rings. The lowest BCUT2D eigenvalue weighted by atomic mass is 9.97. The monoisotopic (exact) mass is 243 g/mol. The molecule has 1 heterocycles. The van der Waals surface area contributed by atoms with Crippen molar-refractivity contribution in [3.05, 3.63) is 0 Å². The summed E-state index contributed by atoms with van der Waals surface area (Å²) in [5, 5.41) is 14.2. The van der Waals surface area contributed by atoms with Gasteiger partial charge in [0, 0.05) is 6.54 Å². The highest BCUT2D eigenvalue weighted by Crippen LogP contribution is 2.16. The number of carbonyl (C=O) groups excluding carboxylic acids is 2. The number of rotatable bonds is 5. The fourth-order valence-electron chi connectivity index (χ4n) is 1.84. The molecule has 1 rings (SSSR count). The Morgan fingerprint density at radius 3 is 2.53 bits per heavy atom. The maximum atomic E-state index is 11.8. The molecule has 0 radical (unpaired) electrons. The average Bonchev–Trinajstić information content (AvgIpc) is 2.62. The van der Waals surface area contributed by atoms with Crippen LogP contribution in [-0.2, 0) is 14.4 Å². The highest BCUT2D eigenvalue weighted by Gasteiger charge is 2.32. The quantitative estimate of drug-likeness (QED) is 0.458. The van der Waals surface area contributed by atoms with E-state index < -0.39 is 24.3 Å². The van der Waals surface area contributed by atoms with Gasteiger partial charge in [-0.05, 0) is 12.5 Å². The molecular weight excluding hydrogens is 226 g/mol. The van der Waals surface area contributed by atoms with Crippen molar-refractivity contribution in [1.29, 1.82) is 0 Å². The summed E-state index contributed by atoms with van der Waals surface area (Å²) in [4.78, 5) is 33.3.